The highest BCUT2D eigenvalue weighted by molar-refractivity contribution is 5.53. The minimum Gasteiger partial charge on any atom is -0.371 e. The predicted octanol–water partition coefficient (Wildman–Crippen LogP) is 1.93. The van der Waals surface area contributed by atoms with Gasteiger partial charge in [0.15, 0.2) is 0 Å². The van der Waals surface area contributed by atoms with Gasteiger partial charge in [0.2, 0.25) is 0 Å². The summed E-state index contributed by atoms with van der Waals surface area (Å²) in [7, 11) is 1.79. The van der Waals surface area contributed by atoms with Gasteiger partial charge in [-0.15, -0.1) is 0 Å². The third-order valence-electron chi connectivity index (χ3n) is 2.68. The molecule has 2 rings (SSSR count). The molecule has 0 unspecified atom stereocenters. The van der Waals surface area contributed by atoms with Crippen molar-refractivity contribution < 1.29 is 0 Å². The third-order valence-corrected chi connectivity index (χ3v) is 2.68. The van der Waals surface area contributed by atoms with E-state index < -0.39 is 0 Å². The number of aryl methyl sites for hydroxylation is 1. The van der Waals surface area contributed by atoms with E-state index in [0.29, 0.717) is 0 Å². The van der Waals surface area contributed by atoms with Crippen LogP contribution in [0.2, 0.25) is 0 Å². The minimum absolute atomic E-state index is 0.115. The van der Waals surface area contributed by atoms with Crippen molar-refractivity contribution in [3.05, 3.63) is 28.2 Å². The van der Waals surface area contributed by atoms with E-state index in [2.05, 4.69) is 4.90 Å². The fraction of sp³-hybridized carbons (Fsp3) is 0.583. The van der Waals surface area contributed by atoms with E-state index in [1.165, 1.54) is 6.42 Å². The summed E-state index contributed by atoms with van der Waals surface area (Å²) in [5.41, 5.74) is 2.09. The van der Waals surface area contributed by atoms with Crippen LogP contribution < -0.4 is 10.5 Å². The molecule has 2 heterocycles. The Hall–Kier alpha value is -1.25. The highest BCUT2D eigenvalue weighted by Crippen LogP contribution is 2.21. The SMILES string of the molecule is CC.Cc1c(N2CCC2)ccn(C)c1=O. The molecule has 1 aliphatic rings. The lowest BCUT2D eigenvalue weighted by molar-refractivity contribution is 0.614. The highest BCUT2D eigenvalue weighted by atomic mass is 16.1. The van der Waals surface area contributed by atoms with Gasteiger partial charge in [0.05, 0.1) is 0 Å². The zero-order valence-corrected chi connectivity index (χ0v) is 10.1. The van der Waals surface area contributed by atoms with Crippen LogP contribution in [0, 0.1) is 6.92 Å². The van der Waals surface area contributed by atoms with Crippen LogP contribution in [0.3, 0.4) is 0 Å². The molecule has 1 aliphatic heterocycles. The molecule has 3 nitrogen and oxygen atoms in total. The predicted molar refractivity (Wildman–Crippen MR) is 64.6 cm³/mol. The lowest BCUT2D eigenvalue weighted by atomic mass is 10.1. The number of hydrogen-bond acceptors (Lipinski definition) is 2. The Balaban J connectivity index is 0.000000531. The van der Waals surface area contributed by atoms with E-state index >= 15 is 0 Å². The van der Waals surface area contributed by atoms with Crippen molar-refractivity contribution in [3.63, 3.8) is 0 Å². The van der Waals surface area contributed by atoms with Gasteiger partial charge in [-0.2, -0.15) is 0 Å². The molecule has 0 spiro atoms. The van der Waals surface area contributed by atoms with Gasteiger partial charge in [-0.05, 0) is 19.4 Å². The molecule has 0 saturated carbocycles. The second-order valence-corrected chi connectivity index (χ2v) is 3.58. The molecule has 1 fully saturated rings. The Bertz CT molecular complexity index is 378. The second-order valence-electron chi connectivity index (χ2n) is 3.58. The molecule has 15 heavy (non-hydrogen) atoms. The topological polar surface area (TPSA) is 25.2 Å². The number of pyridine rings is 1. The largest absolute Gasteiger partial charge is 0.371 e. The molecule has 0 radical (unpaired) electrons. The molecule has 0 N–H and O–H groups in total. The molecule has 1 aromatic rings. The van der Waals surface area contributed by atoms with E-state index in [1.54, 1.807) is 11.6 Å². The van der Waals surface area contributed by atoms with E-state index in [1.807, 2.05) is 33.0 Å². The first-order valence-electron chi connectivity index (χ1n) is 5.61. The summed E-state index contributed by atoms with van der Waals surface area (Å²) in [6, 6.07) is 2.02. The van der Waals surface area contributed by atoms with Crippen molar-refractivity contribution >= 4 is 5.69 Å². The van der Waals surface area contributed by atoms with Crippen LogP contribution in [0.1, 0.15) is 25.8 Å². The normalized spacial score (nSPS) is 14.0. The second kappa shape index (κ2) is 5.01. The van der Waals surface area contributed by atoms with Crippen LogP contribution in [-0.2, 0) is 7.05 Å². The zero-order chi connectivity index (χ0) is 11.4. The van der Waals surface area contributed by atoms with Crippen LogP contribution >= 0.6 is 0 Å². The van der Waals surface area contributed by atoms with Crippen LogP contribution in [-0.4, -0.2) is 17.7 Å². The molecular weight excluding hydrogens is 188 g/mol. The Kier molecular flexibility index (Phi) is 3.95. The lowest BCUT2D eigenvalue weighted by Gasteiger charge is -2.34. The number of aromatic nitrogens is 1. The first-order chi connectivity index (χ1) is 7.20. The summed E-state index contributed by atoms with van der Waals surface area (Å²) in [5.74, 6) is 0. The number of anilines is 1. The van der Waals surface area contributed by atoms with Gasteiger partial charge >= 0.3 is 0 Å². The third kappa shape index (κ3) is 2.22. The fourth-order valence-corrected chi connectivity index (χ4v) is 1.65. The van der Waals surface area contributed by atoms with Gasteiger partial charge in [-0.1, -0.05) is 13.8 Å². The number of hydrogen-bond donors (Lipinski definition) is 0. The number of nitrogens with zero attached hydrogens (tertiary/aromatic N) is 2. The average molecular weight is 208 g/mol. The molecule has 1 aromatic heterocycles. The van der Waals surface area contributed by atoms with Crippen molar-refractivity contribution in [1.82, 2.24) is 4.57 Å². The van der Waals surface area contributed by atoms with E-state index in [9.17, 15) is 4.79 Å². The monoisotopic (exact) mass is 208 g/mol. The molecule has 0 aliphatic carbocycles. The standard InChI is InChI=1S/C10H14N2O.C2H6/c1-8-9(12-5-3-6-12)4-7-11(2)10(8)13;1-2/h4,7H,3,5-6H2,1-2H3;1-2H3. The molecule has 0 bridgehead atoms. The van der Waals surface area contributed by atoms with Gasteiger partial charge in [0.25, 0.3) is 5.56 Å². The summed E-state index contributed by atoms with van der Waals surface area (Å²) >= 11 is 0. The van der Waals surface area contributed by atoms with Crippen molar-refractivity contribution in [2.45, 2.75) is 27.2 Å². The maximum Gasteiger partial charge on any atom is 0.255 e. The van der Waals surface area contributed by atoms with Gasteiger partial charge in [-0.3, -0.25) is 4.79 Å². The van der Waals surface area contributed by atoms with E-state index in [4.69, 9.17) is 0 Å². The molecule has 0 aromatic carbocycles. The van der Waals surface area contributed by atoms with Gasteiger partial charge in [0, 0.05) is 37.6 Å². The molecular formula is C12H20N2O. The lowest BCUT2D eigenvalue weighted by Crippen LogP contribution is -2.38. The summed E-state index contributed by atoms with van der Waals surface area (Å²) in [4.78, 5) is 13.8. The summed E-state index contributed by atoms with van der Waals surface area (Å²) < 4.78 is 1.62. The minimum atomic E-state index is 0.115. The molecule has 3 heteroatoms. The van der Waals surface area contributed by atoms with E-state index in [0.717, 1.165) is 24.3 Å². The first-order valence-corrected chi connectivity index (χ1v) is 5.61. The maximum absolute atomic E-state index is 11.6. The van der Waals surface area contributed by atoms with Crippen LogP contribution in [0.4, 0.5) is 5.69 Å². The zero-order valence-electron chi connectivity index (χ0n) is 10.1. The maximum atomic E-state index is 11.6. The summed E-state index contributed by atoms with van der Waals surface area (Å²) in [6.07, 6.45) is 3.08. The molecule has 1 saturated heterocycles. The molecule has 84 valence electrons. The van der Waals surface area contributed by atoms with Crippen LogP contribution in [0.5, 0.6) is 0 Å². The van der Waals surface area contributed by atoms with Crippen LogP contribution in [0.15, 0.2) is 17.1 Å². The van der Waals surface area contributed by atoms with Crippen LogP contribution in [0.25, 0.3) is 0 Å². The quantitative estimate of drug-likeness (QED) is 0.704. The fourth-order valence-electron chi connectivity index (χ4n) is 1.65. The Morgan fingerprint density at radius 3 is 2.33 bits per heavy atom. The number of rotatable bonds is 1. The van der Waals surface area contributed by atoms with Crippen molar-refractivity contribution in [1.29, 1.82) is 0 Å². The van der Waals surface area contributed by atoms with Gasteiger partial charge < -0.3 is 9.47 Å². The summed E-state index contributed by atoms with van der Waals surface area (Å²) in [5, 5.41) is 0. The van der Waals surface area contributed by atoms with Crippen molar-refractivity contribution in [3.8, 4) is 0 Å². The average Bonchev–Trinajstić information content (AvgIpc) is 2.19. The van der Waals surface area contributed by atoms with Gasteiger partial charge in [-0.25, -0.2) is 0 Å². The van der Waals surface area contributed by atoms with Crippen molar-refractivity contribution in [2.24, 2.45) is 7.05 Å². The smallest absolute Gasteiger partial charge is 0.255 e. The Morgan fingerprint density at radius 1 is 1.27 bits per heavy atom. The molecule has 0 amide bonds. The van der Waals surface area contributed by atoms with Gasteiger partial charge in [0.1, 0.15) is 0 Å². The first kappa shape index (κ1) is 11.8. The Morgan fingerprint density at radius 2 is 1.87 bits per heavy atom. The Labute approximate surface area is 91.3 Å². The highest BCUT2D eigenvalue weighted by Gasteiger charge is 2.17. The molecule has 0 atom stereocenters. The summed E-state index contributed by atoms with van der Waals surface area (Å²) in [6.45, 7) is 8.08. The van der Waals surface area contributed by atoms with Crippen molar-refractivity contribution in [2.75, 3.05) is 18.0 Å². The van der Waals surface area contributed by atoms with E-state index in [-0.39, 0.29) is 5.56 Å².